The number of alkyl halides is 3. The van der Waals surface area contributed by atoms with Crippen LogP contribution in [0.2, 0.25) is 0 Å². The van der Waals surface area contributed by atoms with Gasteiger partial charge in [0.15, 0.2) is 0 Å². The van der Waals surface area contributed by atoms with Gasteiger partial charge in [-0.2, -0.15) is 13.2 Å². The van der Waals surface area contributed by atoms with Crippen molar-refractivity contribution < 1.29 is 22.8 Å². The predicted octanol–water partition coefficient (Wildman–Crippen LogP) is 3.77. The molecule has 2 aromatic rings. The maximum Gasteiger partial charge on any atom is 0.408 e. The molecule has 1 unspecified atom stereocenters. The van der Waals surface area contributed by atoms with Gasteiger partial charge in [0.1, 0.15) is 23.7 Å². The summed E-state index contributed by atoms with van der Waals surface area (Å²) in [5.74, 6) is 0.500. The van der Waals surface area contributed by atoms with E-state index >= 15 is 0 Å². The van der Waals surface area contributed by atoms with Crippen molar-refractivity contribution in [2.45, 2.75) is 56.4 Å². The van der Waals surface area contributed by atoms with Gasteiger partial charge in [0.25, 0.3) is 0 Å². The van der Waals surface area contributed by atoms with E-state index in [0.717, 1.165) is 41.0 Å². The van der Waals surface area contributed by atoms with Crippen molar-refractivity contribution in [1.82, 2.24) is 30.4 Å². The summed E-state index contributed by atoms with van der Waals surface area (Å²) in [5.41, 5.74) is 1.63. The summed E-state index contributed by atoms with van der Waals surface area (Å²) < 4.78 is 38.9. The van der Waals surface area contributed by atoms with Gasteiger partial charge in [0, 0.05) is 31.4 Å². The normalized spacial score (nSPS) is 23.2. The standard InChI is InChI=1S/C25H26F3N7O2S/c1-13(25(26,27)28)31-22(36)17-4-5-18-21(32-17)35(16-7-9-34(18)12-16)24(37)33-20-10-15(6-8-29-20)19-11-30-23(38-19)14-2-3-14/h4-6,8,10-11,13-14,16-17,32H,2-3,7,9,12H2,1H3,(H,31,36)(H,29,33,37)/t13-,16+,17?/m1/s1. The molecular weight excluding hydrogens is 519 g/mol. The second-order valence-corrected chi connectivity index (χ2v) is 11.0. The zero-order chi connectivity index (χ0) is 26.6. The van der Waals surface area contributed by atoms with E-state index in [1.54, 1.807) is 34.6 Å². The van der Waals surface area contributed by atoms with Gasteiger partial charge in [-0.3, -0.25) is 15.0 Å². The zero-order valence-electron chi connectivity index (χ0n) is 20.5. The molecule has 1 saturated carbocycles. The highest BCUT2D eigenvalue weighted by atomic mass is 32.1. The summed E-state index contributed by atoms with van der Waals surface area (Å²) in [4.78, 5) is 39.6. The fourth-order valence-corrected chi connectivity index (χ4v) is 5.99. The maximum absolute atomic E-state index is 13.5. The minimum atomic E-state index is -4.56. The molecular formula is C25H26F3N7O2S. The number of fused-ring (bicyclic) bond motifs is 3. The Morgan fingerprint density at radius 2 is 2.05 bits per heavy atom. The van der Waals surface area contributed by atoms with Crippen LogP contribution < -0.4 is 16.0 Å². The monoisotopic (exact) mass is 545 g/mol. The molecule has 0 aromatic carbocycles. The van der Waals surface area contributed by atoms with Crippen LogP contribution in [0.3, 0.4) is 0 Å². The molecule has 9 nitrogen and oxygen atoms in total. The van der Waals surface area contributed by atoms with Gasteiger partial charge >= 0.3 is 12.2 Å². The van der Waals surface area contributed by atoms with Crippen LogP contribution in [-0.2, 0) is 4.79 Å². The molecule has 2 aromatic heterocycles. The van der Waals surface area contributed by atoms with E-state index < -0.39 is 30.2 Å². The first-order chi connectivity index (χ1) is 18.2. The van der Waals surface area contributed by atoms with Crippen LogP contribution in [0.1, 0.15) is 37.1 Å². The van der Waals surface area contributed by atoms with E-state index in [2.05, 4.69) is 25.5 Å². The van der Waals surface area contributed by atoms with Crippen molar-refractivity contribution >= 4 is 29.1 Å². The lowest BCUT2D eigenvalue weighted by molar-refractivity contribution is -0.158. The second kappa shape index (κ2) is 9.29. The van der Waals surface area contributed by atoms with E-state index in [1.807, 2.05) is 17.6 Å². The lowest BCUT2D eigenvalue weighted by atomic mass is 10.1. The van der Waals surface area contributed by atoms with Crippen molar-refractivity contribution in [3.05, 3.63) is 53.2 Å². The molecule has 200 valence electrons. The molecule has 1 saturated heterocycles. The molecule has 3 aliphatic heterocycles. The van der Waals surface area contributed by atoms with Crippen LogP contribution >= 0.6 is 11.3 Å². The largest absolute Gasteiger partial charge is 0.408 e. The molecule has 5 heterocycles. The Kier molecular flexibility index (Phi) is 6.04. The average molecular weight is 546 g/mol. The fourth-order valence-electron chi connectivity index (χ4n) is 4.91. The topological polar surface area (TPSA) is 102 Å². The summed E-state index contributed by atoms with van der Waals surface area (Å²) in [5, 5.41) is 8.99. The predicted molar refractivity (Wildman–Crippen MR) is 135 cm³/mol. The van der Waals surface area contributed by atoms with Crippen molar-refractivity contribution in [2.24, 2.45) is 0 Å². The number of dihydropyridines is 1. The molecule has 6 rings (SSSR count). The van der Waals surface area contributed by atoms with E-state index in [9.17, 15) is 22.8 Å². The molecule has 3 atom stereocenters. The first-order valence-corrected chi connectivity index (χ1v) is 13.3. The van der Waals surface area contributed by atoms with E-state index in [0.29, 0.717) is 24.1 Å². The Morgan fingerprint density at radius 1 is 1.24 bits per heavy atom. The van der Waals surface area contributed by atoms with Crippen LogP contribution in [0, 0.1) is 0 Å². The molecule has 0 spiro atoms. The van der Waals surface area contributed by atoms with Crippen molar-refractivity contribution in [1.29, 1.82) is 0 Å². The first kappa shape index (κ1) is 24.7. The molecule has 0 radical (unpaired) electrons. The van der Waals surface area contributed by atoms with E-state index in [1.165, 1.54) is 18.9 Å². The summed E-state index contributed by atoms with van der Waals surface area (Å²) in [6.07, 6.45) is 5.18. The number of rotatable bonds is 5. The van der Waals surface area contributed by atoms with Gasteiger partial charge in [-0.15, -0.1) is 11.3 Å². The minimum absolute atomic E-state index is 0.156. The number of amides is 3. The zero-order valence-corrected chi connectivity index (χ0v) is 21.3. The van der Waals surface area contributed by atoms with Gasteiger partial charge < -0.3 is 15.5 Å². The van der Waals surface area contributed by atoms with Gasteiger partial charge in [-0.1, -0.05) is 6.08 Å². The number of anilines is 1. The molecule has 13 heteroatoms. The lowest BCUT2D eigenvalue weighted by Gasteiger charge is -2.41. The van der Waals surface area contributed by atoms with Crippen LogP contribution in [0.15, 0.2) is 48.2 Å². The number of thiazole rings is 1. The van der Waals surface area contributed by atoms with Crippen LogP contribution in [0.25, 0.3) is 10.4 Å². The highest BCUT2D eigenvalue weighted by Crippen LogP contribution is 2.43. The quantitative estimate of drug-likeness (QED) is 0.529. The molecule has 4 aliphatic rings. The molecule has 1 aliphatic carbocycles. The third-order valence-corrected chi connectivity index (χ3v) is 8.38. The molecule has 2 fully saturated rings. The van der Waals surface area contributed by atoms with E-state index in [-0.39, 0.29) is 6.04 Å². The number of hydrogen-bond acceptors (Lipinski definition) is 7. The van der Waals surface area contributed by atoms with Crippen LogP contribution in [-0.4, -0.2) is 69.1 Å². The molecule has 3 amide bonds. The van der Waals surface area contributed by atoms with Crippen LogP contribution in [0.5, 0.6) is 0 Å². The van der Waals surface area contributed by atoms with E-state index in [4.69, 9.17) is 0 Å². The van der Waals surface area contributed by atoms with Crippen molar-refractivity contribution in [3.63, 3.8) is 0 Å². The smallest absolute Gasteiger partial charge is 0.366 e. The summed E-state index contributed by atoms with van der Waals surface area (Å²) in [7, 11) is 0. The summed E-state index contributed by atoms with van der Waals surface area (Å²) >= 11 is 1.64. The Bertz CT molecular complexity index is 1340. The number of carbonyl (C=O) groups is 2. The highest BCUT2D eigenvalue weighted by molar-refractivity contribution is 7.15. The number of aromatic nitrogens is 2. The highest BCUT2D eigenvalue weighted by Gasteiger charge is 2.43. The number of nitrogens with zero attached hydrogens (tertiary/aromatic N) is 4. The number of urea groups is 1. The lowest BCUT2D eigenvalue weighted by Crippen LogP contribution is -2.57. The molecule has 38 heavy (non-hydrogen) atoms. The van der Waals surface area contributed by atoms with Gasteiger partial charge in [0.2, 0.25) is 5.91 Å². The Labute approximate surface area is 220 Å². The van der Waals surface area contributed by atoms with Gasteiger partial charge in [0.05, 0.1) is 21.6 Å². The Morgan fingerprint density at radius 3 is 2.82 bits per heavy atom. The van der Waals surface area contributed by atoms with Gasteiger partial charge in [-0.25, -0.2) is 14.8 Å². The maximum atomic E-state index is 13.5. The number of allylic oxidation sites excluding steroid dienone is 1. The third-order valence-electron chi connectivity index (χ3n) is 7.17. The molecule has 3 N–H and O–H groups in total. The number of halogens is 3. The number of carbonyl (C=O) groups excluding carboxylic acids is 2. The number of hydrogen-bond donors (Lipinski definition) is 3. The second-order valence-electron chi connectivity index (χ2n) is 9.94. The average Bonchev–Trinajstić information content (AvgIpc) is 3.46. The Hall–Kier alpha value is -3.61. The minimum Gasteiger partial charge on any atom is -0.366 e. The third kappa shape index (κ3) is 4.70. The number of nitrogens with one attached hydrogen (secondary N) is 3. The fraction of sp³-hybridized carbons (Fsp3) is 0.440. The van der Waals surface area contributed by atoms with Crippen molar-refractivity contribution in [2.75, 3.05) is 18.4 Å². The Balaban J connectivity index is 1.20. The van der Waals surface area contributed by atoms with Crippen molar-refractivity contribution in [3.8, 4) is 10.4 Å². The summed E-state index contributed by atoms with van der Waals surface area (Å²) in [6.45, 7) is 2.24. The SMILES string of the molecule is C[C@@H](NC(=O)C1C=CC2=C(N1)N(C(=O)Nc1cc(-c3cnc(C4CC4)s3)ccn1)[C@H]1CCN2C1)C(F)(F)F. The van der Waals surface area contributed by atoms with Crippen LogP contribution in [0.4, 0.5) is 23.8 Å². The summed E-state index contributed by atoms with van der Waals surface area (Å²) in [6, 6.07) is 0.0308. The van der Waals surface area contributed by atoms with Gasteiger partial charge in [-0.05, 0) is 50.0 Å². The molecule has 2 bridgehead atoms. The first-order valence-electron chi connectivity index (χ1n) is 12.5. The number of pyridine rings is 1.